The number of carbonyl (C=O) groups is 2. The quantitative estimate of drug-likeness (QED) is 0.141. The fraction of sp³-hybridized carbons (Fsp3) is 0.229. The van der Waals surface area contributed by atoms with Gasteiger partial charge in [-0.15, -0.1) is 11.8 Å². The zero-order valence-corrected chi connectivity index (χ0v) is 25.7. The molecule has 3 aromatic carbocycles. The van der Waals surface area contributed by atoms with Gasteiger partial charge in [-0.25, -0.2) is 9.78 Å². The van der Waals surface area contributed by atoms with Crippen molar-refractivity contribution in [2.24, 2.45) is 5.41 Å². The number of carboxylic acids is 1. The second-order valence-corrected chi connectivity index (χ2v) is 13.5. The molecule has 1 N–H and O–H groups in total. The number of aliphatic carboxylic acids is 1. The summed E-state index contributed by atoms with van der Waals surface area (Å²) in [6.45, 7) is 6.22. The summed E-state index contributed by atoms with van der Waals surface area (Å²) in [6, 6.07) is 25.0. The van der Waals surface area contributed by atoms with Gasteiger partial charge in [0, 0.05) is 56.5 Å². The van der Waals surface area contributed by atoms with Crippen molar-refractivity contribution in [3.8, 4) is 16.9 Å². The summed E-state index contributed by atoms with van der Waals surface area (Å²) >= 11 is 7.91. The molecule has 0 amide bonds. The van der Waals surface area contributed by atoms with Crippen molar-refractivity contribution in [2.45, 2.75) is 50.3 Å². The maximum atomic E-state index is 13.3. The van der Waals surface area contributed by atoms with E-state index in [-0.39, 0.29) is 10.9 Å². The van der Waals surface area contributed by atoms with Gasteiger partial charge in [0.2, 0.25) is 0 Å². The summed E-state index contributed by atoms with van der Waals surface area (Å²) in [5, 5.41) is 11.9. The summed E-state index contributed by atoms with van der Waals surface area (Å²) in [7, 11) is 0. The van der Waals surface area contributed by atoms with Gasteiger partial charge in [-0.05, 0) is 61.7 Å². The highest BCUT2D eigenvalue weighted by Gasteiger charge is 2.35. The van der Waals surface area contributed by atoms with Gasteiger partial charge in [-0.3, -0.25) is 4.79 Å². The molecule has 1 atom stereocenters. The normalized spacial score (nSPS) is 14.6. The SMILES string of the molecule is CC1Cc2c(OC(=O)c3ccc(-c4ccccc4)cn3)ccc3c2c(c(CC(C)(C)C(=O)O)n3Cc2ccc(Cl)cc2)S1. The largest absolute Gasteiger partial charge is 0.481 e. The first-order chi connectivity index (χ1) is 20.6. The van der Waals surface area contributed by atoms with Gasteiger partial charge < -0.3 is 14.4 Å². The Labute approximate surface area is 259 Å². The van der Waals surface area contributed by atoms with Crippen LogP contribution in [0.4, 0.5) is 0 Å². The molecule has 218 valence electrons. The van der Waals surface area contributed by atoms with Gasteiger partial charge in [0.1, 0.15) is 11.4 Å². The minimum Gasteiger partial charge on any atom is -0.481 e. The van der Waals surface area contributed by atoms with Crippen LogP contribution < -0.4 is 4.74 Å². The van der Waals surface area contributed by atoms with E-state index in [9.17, 15) is 14.7 Å². The van der Waals surface area contributed by atoms with Gasteiger partial charge >= 0.3 is 11.9 Å². The Morgan fingerprint density at radius 3 is 2.44 bits per heavy atom. The summed E-state index contributed by atoms with van der Waals surface area (Å²) in [4.78, 5) is 30.9. The van der Waals surface area contributed by atoms with Crippen LogP contribution in [0.3, 0.4) is 0 Å². The summed E-state index contributed by atoms with van der Waals surface area (Å²) in [5.74, 6) is -0.861. The highest BCUT2D eigenvalue weighted by molar-refractivity contribution is 8.00. The molecule has 2 aromatic heterocycles. The number of carboxylic acid groups (broad SMARTS) is 1. The Kier molecular flexibility index (Phi) is 7.79. The molecule has 0 bridgehead atoms. The third-order valence-electron chi connectivity index (χ3n) is 7.89. The zero-order valence-electron chi connectivity index (χ0n) is 24.1. The minimum atomic E-state index is -0.975. The van der Waals surface area contributed by atoms with Crippen molar-refractivity contribution in [1.29, 1.82) is 0 Å². The summed E-state index contributed by atoms with van der Waals surface area (Å²) in [5.41, 5.74) is 5.17. The van der Waals surface area contributed by atoms with Gasteiger partial charge in [0.05, 0.1) is 10.9 Å². The van der Waals surface area contributed by atoms with E-state index in [1.54, 1.807) is 37.9 Å². The number of nitrogens with zero attached hydrogens (tertiary/aromatic N) is 2. The number of carbonyl (C=O) groups excluding carboxylic acids is 1. The van der Waals surface area contributed by atoms with Crippen LogP contribution >= 0.6 is 23.4 Å². The topological polar surface area (TPSA) is 81.4 Å². The smallest absolute Gasteiger partial charge is 0.362 e. The Hall–Kier alpha value is -4.07. The van der Waals surface area contributed by atoms with E-state index in [4.69, 9.17) is 16.3 Å². The van der Waals surface area contributed by atoms with Crippen LogP contribution in [0.5, 0.6) is 5.75 Å². The standard InChI is InChI=1S/C35H31ClN2O4S/c1-21-17-26-30(42-33(39)27-14-11-24(19-37-27)23-7-5-4-6-8-23)16-15-28-31(26)32(43-21)29(18-35(2,3)34(40)41)38(28)20-22-9-12-25(36)13-10-22/h4-16,19,21H,17-18,20H2,1-3H3,(H,40,41). The molecule has 8 heteroatoms. The van der Waals surface area contributed by atoms with Gasteiger partial charge in [-0.2, -0.15) is 0 Å². The lowest BCUT2D eigenvalue weighted by Crippen LogP contribution is -2.28. The molecule has 0 saturated heterocycles. The van der Waals surface area contributed by atoms with E-state index < -0.39 is 17.4 Å². The molecule has 0 spiro atoms. The number of ether oxygens (including phenoxy) is 1. The first-order valence-corrected chi connectivity index (χ1v) is 15.4. The zero-order chi connectivity index (χ0) is 30.3. The van der Waals surface area contributed by atoms with Gasteiger partial charge in [0.15, 0.2) is 0 Å². The monoisotopic (exact) mass is 610 g/mol. The number of thioether (sulfide) groups is 1. The molecule has 1 aliphatic rings. The summed E-state index contributed by atoms with van der Waals surface area (Å²) < 4.78 is 8.22. The van der Waals surface area contributed by atoms with E-state index in [1.807, 2.05) is 72.8 Å². The first-order valence-electron chi connectivity index (χ1n) is 14.2. The average Bonchev–Trinajstić information content (AvgIpc) is 3.27. The maximum Gasteiger partial charge on any atom is 0.362 e. The van der Waals surface area contributed by atoms with E-state index in [0.29, 0.717) is 30.2 Å². The van der Waals surface area contributed by atoms with E-state index in [1.165, 1.54) is 0 Å². The van der Waals surface area contributed by atoms with Crippen molar-refractivity contribution < 1.29 is 19.4 Å². The molecule has 0 fully saturated rings. The Morgan fingerprint density at radius 1 is 1.02 bits per heavy atom. The van der Waals surface area contributed by atoms with Crippen molar-refractivity contribution in [1.82, 2.24) is 9.55 Å². The van der Waals surface area contributed by atoms with Crippen LogP contribution in [0.1, 0.15) is 48.1 Å². The van der Waals surface area contributed by atoms with Gasteiger partial charge in [-0.1, -0.05) is 67.1 Å². The van der Waals surface area contributed by atoms with Crippen LogP contribution in [-0.2, 0) is 24.2 Å². The third-order valence-corrected chi connectivity index (χ3v) is 9.39. The Bertz CT molecular complexity index is 1830. The average molecular weight is 611 g/mol. The maximum absolute atomic E-state index is 13.3. The second-order valence-electron chi connectivity index (χ2n) is 11.6. The molecule has 0 radical (unpaired) electrons. The first kappa shape index (κ1) is 29.0. The number of benzene rings is 3. The highest BCUT2D eigenvalue weighted by atomic mass is 35.5. The predicted molar refractivity (Wildman–Crippen MR) is 171 cm³/mol. The molecule has 1 unspecified atom stereocenters. The Morgan fingerprint density at radius 2 is 1.77 bits per heavy atom. The number of halogens is 1. The molecule has 0 aliphatic carbocycles. The molecule has 0 saturated carbocycles. The number of hydrogen-bond donors (Lipinski definition) is 1. The van der Waals surface area contributed by atoms with Crippen LogP contribution in [-0.4, -0.2) is 31.8 Å². The fourth-order valence-corrected chi connectivity index (χ4v) is 7.00. The molecular formula is C35H31ClN2O4S. The van der Waals surface area contributed by atoms with Gasteiger partial charge in [0.25, 0.3) is 0 Å². The van der Waals surface area contributed by atoms with Crippen molar-refractivity contribution in [2.75, 3.05) is 0 Å². The van der Waals surface area contributed by atoms with Crippen molar-refractivity contribution >= 4 is 46.2 Å². The van der Waals surface area contributed by atoms with Crippen LogP contribution in [0, 0.1) is 5.41 Å². The summed E-state index contributed by atoms with van der Waals surface area (Å²) in [6.07, 6.45) is 2.75. The molecule has 1 aliphatic heterocycles. The van der Waals surface area contributed by atoms with E-state index >= 15 is 0 Å². The van der Waals surface area contributed by atoms with E-state index in [0.717, 1.165) is 43.7 Å². The van der Waals surface area contributed by atoms with Crippen LogP contribution in [0.15, 0.2) is 90.0 Å². The van der Waals surface area contributed by atoms with Crippen molar-refractivity contribution in [3.63, 3.8) is 0 Å². The molecule has 43 heavy (non-hydrogen) atoms. The second kappa shape index (κ2) is 11.5. The predicted octanol–water partition coefficient (Wildman–Crippen LogP) is 8.31. The molecule has 6 nitrogen and oxygen atoms in total. The number of aromatic nitrogens is 2. The van der Waals surface area contributed by atoms with Crippen LogP contribution in [0.2, 0.25) is 5.02 Å². The molecular weight excluding hydrogens is 580 g/mol. The van der Waals surface area contributed by atoms with E-state index in [2.05, 4.69) is 16.5 Å². The number of rotatable bonds is 8. The number of esters is 1. The lowest BCUT2D eigenvalue weighted by molar-refractivity contribution is -0.146. The molecule has 5 aromatic rings. The number of hydrogen-bond acceptors (Lipinski definition) is 5. The Balaban J connectivity index is 1.41. The molecule has 6 rings (SSSR count). The van der Waals surface area contributed by atoms with Crippen LogP contribution in [0.25, 0.3) is 22.0 Å². The molecule has 3 heterocycles. The highest BCUT2D eigenvalue weighted by Crippen LogP contribution is 2.48. The van der Waals surface area contributed by atoms with Crippen molar-refractivity contribution in [3.05, 3.63) is 113 Å². The lowest BCUT2D eigenvalue weighted by atomic mass is 9.87. The minimum absolute atomic E-state index is 0.205. The fourth-order valence-electron chi connectivity index (χ4n) is 5.55. The lowest BCUT2D eigenvalue weighted by Gasteiger charge is -2.24. The number of pyridine rings is 1. The third kappa shape index (κ3) is 5.79.